The molecular formula is C23H15N3O3. The monoisotopic (exact) mass is 381 g/mol. The molecule has 6 heteroatoms. The number of nitro groups is 1. The van der Waals surface area contributed by atoms with Gasteiger partial charge in [-0.2, -0.15) is 10.5 Å². The Labute approximate surface area is 167 Å². The van der Waals surface area contributed by atoms with Crippen molar-refractivity contribution >= 4 is 17.3 Å². The number of para-hydroxylation sites is 1. The van der Waals surface area contributed by atoms with Gasteiger partial charge in [-0.3, -0.25) is 10.1 Å². The molecule has 0 unspecified atom stereocenters. The van der Waals surface area contributed by atoms with Crippen molar-refractivity contribution in [2.24, 2.45) is 0 Å². The van der Waals surface area contributed by atoms with Crippen LogP contribution in [-0.2, 0) is 6.61 Å². The molecule has 0 saturated carbocycles. The Morgan fingerprint density at radius 3 is 2.55 bits per heavy atom. The van der Waals surface area contributed by atoms with Gasteiger partial charge in [0.25, 0.3) is 5.69 Å². The zero-order valence-electron chi connectivity index (χ0n) is 15.3. The lowest BCUT2D eigenvalue weighted by molar-refractivity contribution is -0.384. The van der Waals surface area contributed by atoms with Gasteiger partial charge in [0.1, 0.15) is 12.4 Å². The summed E-state index contributed by atoms with van der Waals surface area (Å²) in [5, 5.41) is 29.8. The van der Waals surface area contributed by atoms with Gasteiger partial charge in [-0.1, -0.05) is 48.5 Å². The average molecular weight is 381 g/mol. The van der Waals surface area contributed by atoms with E-state index in [-0.39, 0.29) is 17.9 Å². The number of nitriles is 2. The topological polar surface area (TPSA) is 99.9 Å². The molecule has 0 N–H and O–H groups in total. The fourth-order valence-electron chi connectivity index (χ4n) is 2.76. The molecule has 0 bridgehead atoms. The minimum Gasteiger partial charge on any atom is -0.488 e. The summed E-state index contributed by atoms with van der Waals surface area (Å²) in [7, 11) is 0. The SMILES string of the molecule is N#CC(=Cc1ccccc1OCc1ccccc1C#N)c1cccc([N+](=O)[O-])c1. The summed E-state index contributed by atoms with van der Waals surface area (Å²) >= 11 is 0. The first-order valence-electron chi connectivity index (χ1n) is 8.69. The largest absolute Gasteiger partial charge is 0.488 e. The highest BCUT2D eigenvalue weighted by atomic mass is 16.6. The Kier molecular flexibility index (Phi) is 5.99. The second-order valence-electron chi connectivity index (χ2n) is 6.07. The van der Waals surface area contributed by atoms with Crippen molar-refractivity contribution in [1.29, 1.82) is 10.5 Å². The van der Waals surface area contributed by atoms with Gasteiger partial charge >= 0.3 is 0 Å². The van der Waals surface area contributed by atoms with Crippen LogP contribution in [-0.4, -0.2) is 4.92 Å². The van der Waals surface area contributed by atoms with Crippen LogP contribution in [0.1, 0.15) is 22.3 Å². The van der Waals surface area contributed by atoms with Crippen LogP contribution in [0, 0.1) is 32.8 Å². The first-order valence-corrected chi connectivity index (χ1v) is 8.69. The summed E-state index contributed by atoms with van der Waals surface area (Å²) in [5.74, 6) is 0.540. The number of ether oxygens (including phenoxy) is 1. The minimum atomic E-state index is -0.498. The Morgan fingerprint density at radius 1 is 1.03 bits per heavy atom. The Bertz CT molecular complexity index is 1170. The standard InChI is InChI=1S/C23H15N3O3/c24-14-19-7-1-2-8-20(19)16-29-23-11-4-3-6-18(23)12-21(15-25)17-9-5-10-22(13-17)26(27)28/h1-13H,16H2. The molecule has 0 saturated heterocycles. The Hall–Kier alpha value is -4.42. The molecule has 3 aromatic rings. The number of rotatable bonds is 6. The molecule has 29 heavy (non-hydrogen) atoms. The lowest BCUT2D eigenvalue weighted by atomic mass is 10.0. The van der Waals surface area contributed by atoms with E-state index >= 15 is 0 Å². The van der Waals surface area contributed by atoms with Crippen LogP contribution in [0.2, 0.25) is 0 Å². The molecule has 0 fully saturated rings. The molecule has 0 aromatic heterocycles. The molecule has 0 aliphatic carbocycles. The van der Waals surface area contributed by atoms with E-state index in [1.54, 1.807) is 42.5 Å². The summed E-state index contributed by atoms with van der Waals surface area (Å²) in [6.07, 6.45) is 1.63. The summed E-state index contributed by atoms with van der Waals surface area (Å²) in [6.45, 7) is 0.202. The first-order chi connectivity index (χ1) is 14.1. The first kappa shape index (κ1) is 19.3. The third-order valence-corrected chi connectivity index (χ3v) is 4.23. The fraction of sp³-hybridized carbons (Fsp3) is 0.0435. The van der Waals surface area contributed by atoms with Crippen molar-refractivity contribution < 1.29 is 9.66 Å². The molecule has 3 aromatic carbocycles. The highest BCUT2D eigenvalue weighted by Crippen LogP contribution is 2.27. The van der Waals surface area contributed by atoms with Crippen LogP contribution in [0.4, 0.5) is 5.69 Å². The smallest absolute Gasteiger partial charge is 0.270 e. The van der Waals surface area contributed by atoms with Crippen LogP contribution in [0.25, 0.3) is 11.6 Å². The quantitative estimate of drug-likeness (QED) is 0.256. The van der Waals surface area contributed by atoms with Gasteiger partial charge in [0.2, 0.25) is 0 Å². The van der Waals surface area contributed by atoms with E-state index in [1.807, 2.05) is 24.3 Å². The number of benzene rings is 3. The van der Waals surface area contributed by atoms with Gasteiger partial charge < -0.3 is 4.74 Å². The average Bonchev–Trinajstić information content (AvgIpc) is 2.76. The van der Waals surface area contributed by atoms with E-state index in [2.05, 4.69) is 12.1 Å². The fourth-order valence-corrected chi connectivity index (χ4v) is 2.76. The molecule has 0 aliphatic rings. The summed E-state index contributed by atoms with van der Waals surface area (Å²) in [4.78, 5) is 10.5. The van der Waals surface area contributed by atoms with E-state index in [0.717, 1.165) is 5.56 Å². The maximum atomic E-state index is 11.0. The summed E-state index contributed by atoms with van der Waals surface area (Å²) in [5.41, 5.74) is 2.60. The molecule has 0 atom stereocenters. The number of non-ortho nitro benzene ring substituents is 1. The lowest BCUT2D eigenvalue weighted by Crippen LogP contribution is -1.99. The summed E-state index contributed by atoms with van der Waals surface area (Å²) < 4.78 is 5.90. The van der Waals surface area contributed by atoms with Crippen molar-refractivity contribution in [2.75, 3.05) is 0 Å². The van der Waals surface area contributed by atoms with Crippen molar-refractivity contribution in [3.63, 3.8) is 0 Å². The van der Waals surface area contributed by atoms with Crippen LogP contribution < -0.4 is 4.74 Å². The molecule has 0 radical (unpaired) electrons. The molecule has 0 amide bonds. The number of allylic oxidation sites excluding steroid dienone is 1. The third kappa shape index (κ3) is 4.65. The lowest BCUT2D eigenvalue weighted by Gasteiger charge is -2.11. The normalized spacial score (nSPS) is 10.6. The van der Waals surface area contributed by atoms with Crippen molar-refractivity contribution in [2.45, 2.75) is 6.61 Å². The van der Waals surface area contributed by atoms with Gasteiger partial charge in [-0.15, -0.1) is 0 Å². The van der Waals surface area contributed by atoms with E-state index in [1.165, 1.54) is 12.1 Å². The van der Waals surface area contributed by atoms with Gasteiger partial charge in [-0.25, -0.2) is 0 Å². The van der Waals surface area contributed by atoms with Crippen molar-refractivity contribution in [3.05, 3.63) is 105 Å². The van der Waals surface area contributed by atoms with Crippen molar-refractivity contribution in [1.82, 2.24) is 0 Å². The van der Waals surface area contributed by atoms with Crippen molar-refractivity contribution in [3.8, 4) is 17.9 Å². The summed E-state index contributed by atoms with van der Waals surface area (Å²) in [6, 6.07) is 24.5. The highest BCUT2D eigenvalue weighted by Gasteiger charge is 2.10. The van der Waals surface area contributed by atoms with E-state index < -0.39 is 4.92 Å². The maximum Gasteiger partial charge on any atom is 0.270 e. The molecule has 3 rings (SSSR count). The zero-order valence-corrected chi connectivity index (χ0v) is 15.3. The third-order valence-electron chi connectivity index (χ3n) is 4.23. The molecule has 140 valence electrons. The molecule has 0 heterocycles. The molecule has 0 aliphatic heterocycles. The predicted molar refractivity (Wildman–Crippen MR) is 109 cm³/mol. The van der Waals surface area contributed by atoms with Crippen LogP contribution in [0.3, 0.4) is 0 Å². The number of nitrogens with zero attached hydrogens (tertiary/aromatic N) is 3. The van der Waals surface area contributed by atoms with E-state index in [9.17, 15) is 20.6 Å². The van der Waals surface area contributed by atoms with Gasteiger partial charge in [0.15, 0.2) is 0 Å². The van der Waals surface area contributed by atoms with Gasteiger partial charge in [0.05, 0.1) is 28.2 Å². The Balaban J connectivity index is 1.91. The molecular weight excluding hydrogens is 366 g/mol. The number of hydrogen-bond donors (Lipinski definition) is 0. The van der Waals surface area contributed by atoms with Crippen LogP contribution in [0.15, 0.2) is 72.8 Å². The van der Waals surface area contributed by atoms with Crippen LogP contribution >= 0.6 is 0 Å². The van der Waals surface area contributed by atoms with E-state index in [4.69, 9.17) is 4.74 Å². The highest BCUT2D eigenvalue weighted by molar-refractivity contribution is 5.91. The second kappa shape index (κ2) is 8.98. The maximum absolute atomic E-state index is 11.0. The van der Waals surface area contributed by atoms with Crippen LogP contribution in [0.5, 0.6) is 5.75 Å². The van der Waals surface area contributed by atoms with E-state index in [0.29, 0.717) is 22.4 Å². The Morgan fingerprint density at radius 2 is 1.79 bits per heavy atom. The molecule has 6 nitrogen and oxygen atoms in total. The minimum absolute atomic E-state index is 0.0821. The zero-order chi connectivity index (χ0) is 20.6. The molecule has 0 spiro atoms. The number of hydrogen-bond acceptors (Lipinski definition) is 5. The number of nitro benzene ring substituents is 1. The van der Waals surface area contributed by atoms with Gasteiger partial charge in [-0.05, 0) is 23.8 Å². The predicted octanol–water partition coefficient (Wildman–Crippen LogP) is 5.11. The second-order valence-corrected chi connectivity index (χ2v) is 6.07. The van der Waals surface area contributed by atoms with Gasteiger partial charge in [0, 0.05) is 23.3 Å².